The summed E-state index contributed by atoms with van der Waals surface area (Å²) in [6.07, 6.45) is -2.33. The van der Waals surface area contributed by atoms with E-state index >= 15 is 0 Å². The molecule has 0 atom stereocenters. The lowest BCUT2D eigenvalue weighted by Gasteiger charge is -2.11. The zero-order chi connectivity index (χ0) is 14.2. The van der Waals surface area contributed by atoms with Gasteiger partial charge >= 0.3 is 12.1 Å². The average Bonchev–Trinajstić information content (AvgIpc) is 2.70. The predicted octanol–water partition coefficient (Wildman–Crippen LogP) is 3.84. The molecule has 0 unspecified atom stereocenters. The number of aromatic nitrogens is 1. The van der Waals surface area contributed by atoms with Gasteiger partial charge in [-0.25, -0.2) is 4.79 Å². The second kappa shape index (κ2) is 4.65. The minimum absolute atomic E-state index is 0.00415. The fourth-order valence-electron chi connectivity index (χ4n) is 1.68. The first kappa shape index (κ1) is 13.5. The molecule has 2 heterocycles. The number of pyridine rings is 1. The Hall–Kier alpha value is -1.89. The zero-order valence-electron chi connectivity index (χ0n) is 9.65. The number of rotatable bonds is 2. The maximum Gasteiger partial charge on any atom is 0.417 e. The Morgan fingerprint density at radius 1 is 1.42 bits per heavy atom. The molecule has 0 fully saturated rings. The van der Waals surface area contributed by atoms with E-state index in [1.165, 1.54) is 6.07 Å². The predicted molar refractivity (Wildman–Crippen MR) is 64.2 cm³/mol. The molecular formula is C12H8F3NO2S. The van der Waals surface area contributed by atoms with E-state index in [4.69, 9.17) is 5.11 Å². The molecule has 100 valence electrons. The smallest absolute Gasteiger partial charge is 0.417 e. The van der Waals surface area contributed by atoms with E-state index in [2.05, 4.69) is 4.98 Å². The van der Waals surface area contributed by atoms with E-state index in [0.717, 1.165) is 29.8 Å². The highest BCUT2D eigenvalue weighted by atomic mass is 32.1. The van der Waals surface area contributed by atoms with Crippen LogP contribution in [0, 0.1) is 6.92 Å². The number of thiophene rings is 1. The van der Waals surface area contributed by atoms with Gasteiger partial charge in [0.05, 0.1) is 5.56 Å². The van der Waals surface area contributed by atoms with Crippen molar-refractivity contribution in [3.05, 3.63) is 40.5 Å². The second-order valence-electron chi connectivity index (χ2n) is 3.85. The van der Waals surface area contributed by atoms with Crippen LogP contribution in [0.2, 0.25) is 0 Å². The summed E-state index contributed by atoms with van der Waals surface area (Å²) < 4.78 is 38.7. The minimum atomic E-state index is -4.50. The van der Waals surface area contributed by atoms with Crippen LogP contribution >= 0.6 is 11.3 Å². The van der Waals surface area contributed by atoms with Crippen molar-refractivity contribution in [3.8, 4) is 10.4 Å². The van der Waals surface area contributed by atoms with Crippen molar-refractivity contribution in [2.24, 2.45) is 0 Å². The Kier molecular flexibility index (Phi) is 3.32. The van der Waals surface area contributed by atoms with Gasteiger partial charge in [-0.15, -0.1) is 11.3 Å². The van der Waals surface area contributed by atoms with Crippen LogP contribution in [-0.4, -0.2) is 16.1 Å². The van der Waals surface area contributed by atoms with Crippen molar-refractivity contribution in [2.75, 3.05) is 0 Å². The van der Waals surface area contributed by atoms with Crippen LogP contribution in [0.5, 0.6) is 0 Å². The molecule has 19 heavy (non-hydrogen) atoms. The zero-order valence-corrected chi connectivity index (χ0v) is 10.5. The number of carboxylic acid groups (broad SMARTS) is 1. The van der Waals surface area contributed by atoms with Gasteiger partial charge in [-0.05, 0) is 24.6 Å². The Morgan fingerprint density at radius 3 is 2.63 bits per heavy atom. The monoisotopic (exact) mass is 287 g/mol. The third kappa shape index (κ3) is 2.60. The van der Waals surface area contributed by atoms with Gasteiger partial charge in [-0.2, -0.15) is 13.2 Å². The molecule has 0 bridgehead atoms. The van der Waals surface area contributed by atoms with Gasteiger partial charge in [0, 0.05) is 22.8 Å². The molecule has 0 aliphatic carbocycles. The van der Waals surface area contributed by atoms with Gasteiger partial charge in [-0.1, -0.05) is 0 Å². The number of halogens is 3. The molecule has 0 aliphatic rings. The van der Waals surface area contributed by atoms with Gasteiger partial charge in [0.1, 0.15) is 4.88 Å². The molecule has 2 aromatic rings. The summed E-state index contributed by atoms with van der Waals surface area (Å²) >= 11 is 0.811. The molecule has 2 rings (SSSR count). The fraction of sp³-hybridized carbons (Fsp3) is 0.167. The van der Waals surface area contributed by atoms with Gasteiger partial charge in [0.15, 0.2) is 0 Å². The normalized spacial score (nSPS) is 11.6. The Bertz CT molecular complexity index is 634. The number of nitrogens with zero attached hydrogens (tertiary/aromatic N) is 1. The van der Waals surface area contributed by atoms with Crippen molar-refractivity contribution < 1.29 is 23.1 Å². The van der Waals surface area contributed by atoms with Crippen LogP contribution in [0.4, 0.5) is 13.2 Å². The number of aryl methyl sites for hydroxylation is 1. The first-order valence-electron chi connectivity index (χ1n) is 5.16. The summed E-state index contributed by atoms with van der Waals surface area (Å²) in [4.78, 5) is 14.8. The molecule has 0 aromatic carbocycles. The Morgan fingerprint density at radius 2 is 2.11 bits per heavy atom. The van der Waals surface area contributed by atoms with Crippen molar-refractivity contribution in [1.29, 1.82) is 0 Å². The van der Waals surface area contributed by atoms with E-state index in [1.54, 1.807) is 6.92 Å². The average molecular weight is 287 g/mol. The lowest BCUT2D eigenvalue weighted by molar-refractivity contribution is -0.137. The third-order valence-electron chi connectivity index (χ3n) is 2.50. The van der Waals surface area contributed by atoms with Crippen LogP contribution in [-0.2, 0) is 6.18 Å². The summed E-state index contributed by atoms with van der Waals surface area (Å²) in [7, 11) is 0. The quantitative estimate of drug-likeness (QED) is 0.913. The van der Waals surface area contributed by atoms with E-state index < -0.39 is 17.7 Å². The molecule has 7 heteroatoms. The number of carboxylic acids is 1. The molecule has 0 radical (unpaired) electrons. The van der Waals surface area contributed by atoms with E-state index in [0.29, 0.717) is 5.56 Å². The highest BCUT2D eigenvalue weighted by Gasteiger charge is 2.34. The minimum Gasteiger partial charge on any atom is -0.477 e. The molecule has 0 aliphatic heterocycles. The highest BCUT2D eigenvalue weighted by Crippen LogP contribution is 2.40. The largest absolute Gasteiger partial charge is 0.477 e. The number of hydrogen-bond acceptors (Lipinski definition) is 3. The van der Waals surface area contributed by atoms with Crippen LogP contribution in [0.1, 0.15) is 20.8 Å². The van der Waals surface area contributed by atoms with Gasteiger partial charge in [0.2, 0.25) is 0 Å². The summed E-state index contributed by atoms with van der Waals surface area (Å²) in [5.74, 6) is -1.16. The summed E-state index contributed by atoms with van der Waals surface area (Å²) in [6.45, 7) is 1.57. The highest BCUT2D eigenvalue weighted by molar-refractivity contribution is 7.17. The van der Waals surface area contributed by atoms with Gasteiger partial charge < -0.3 is 5.11 Å². The van der Waals surface area contributed by atoms with Crippen LogP contribution in [0.25, 0.3) is 10.4 Å². The van der Waals surface area contributed by atoms with Gasteiger partial charge in [-0.3, -0.25) is 4.98 Å². The molecular weight excluding hydrogens is 279 g/mol. The maximum absolute atomic E-state index is 12.9. The molecule has 2 aromatic heterocycles. The van der Waals surface area contributed by atoms with Crippen LogP contribution < -0.4 is 0 Å². The van der Waals surface area contributed by atoms with Crippen LogP contribution in [0.3, 0.4) is 0 Å². The molecule has 0 saturated heterocycles. The van der Waals surface area contributed by atoms with E-state index in [1.807, 2.05) is 0 Å². The van der Waals surface area contributed by atoms with Gasteiger partial charge in [0.25, 0.3) is 0 Å². The summed E-state index contributed by atoms with van der Waals surface area (Å²) in [6, 6.07) is 2.24. The Balaban J connectivity index is 2.63. The number of aromatic carboxylic acids is 1. The molecule has 1 N–H and O–H groups in total. The fourth-order valence-corrected chi connectivity index (χ4v) is 2.71. The van der Waals surface area contributed by atoms with E-state index in [9.17, 15) is 18.0 Å². The van der Waals surface area contributed by atoms with E-state index in [-0.39, 0.29) is 15.3 Å². The summed E-state index contributed by atoms with van der Waals surface area (Å²) in [5.41, 5.74) is -0.421. The maximum atomic E-state index is 12.9. The van der Waals surface area contributed by atoms with Crippen molar-refractivity contribution in [2.45, 2.75) is 13.1 Å². The lowest BCUT2D eigenvalue weighted by Crippen LogP contribution is -2.07. The standard InChI is InChI=1S/C12H8F3NO2S/c1-6-4-9(11(17)18)19-10(6)7-5-16-3-2-8(7)12(13,14)15/h2-5H,1H3,(H,17,18). The van der Waals surface area contributed by atoms with Crippen molar-refractivity contribution in [3.63, 3.8) is 0 Å². The van der Waals surface area contributed by atoms with Crippen molar-refractivity contribution >= 4 is 17.3 Å². The first-order valence-corrected chi connectivity index (χ1v) is 5.97. The first-order chi connectivity index (χ1) is 8.80. The topological polar surface area (TPSA) is 50.2 Å². The molecule has 0 amide bonds. The molecule has 3 nitrogen and oxygen atoms in total. The SMILES string of the molecule is Cc1cc(C(=O)O)sc1-c1cnccc1C(F)(F)F. The van der Waals surface area contributed by atoms with Crippen molar-refractivity contribution in [1.82, 2.24) is 4.98 Å². The molecule has 0 spiro atoms. The number of alkyl halides is 3. The number of hydrogen-bond donors (Lipinski definition) is 1. The summed E-state index contributed by atoms with van der Waals surface area (Å²) in [5, 5.41) is 8.87. The molecule has 0 saturated carbocycles. The Labute approximate surface area is 110 Å². The number of carbonyl (C=O) groups is 1. The van der Waals surface area contributed by atoms with Crippen LogP contribution in [0.15, 0.2) is 24.5 Å². The second-order valence-corrected chi connectivity index (χ2v) is 4.90. The lowest BCUT2D eigenvalue weighted by atomic mass is 10.1. The third-order valence-corrected chi connectivity index (χ3v) is 3.76.